The molecular weight excluding hydrogens is 285 g/mol. The number of carbonyl (C=O) groups excluding carboxylic acids is 1. The van der Waals surface area contributed by atoms with Crippen LogP contribution in [-0.4, -0.2) is 49.6 Å². The quantitative estimate of drug-likeness (QED) is 0.696. The third kappa shape index (κ3) is 4.15. The van der Waals surface area contributed by atoms with Crippen molar-refractivity contribution in [3.63, 3.8) is 0 Å². The molecular formula is C12H22NO4PS. The van der Waals surface area contributed by atoms with E-state index in [1.54, 1.807) is 4.90 Å². The predicted octanol–water partition coefficient (Wildman–Crippen LogP) is 2.46. The highest BCUT2D eigenvalue weighted by atomic mass is 32.5. The second-order valence-corrected chi connectivity index (χ2v) is 10.3. The summed E-state index contributed by atoms with van der Waals surface area (Å²) in [6.07, 6.45) is -0.234. The first-order valence-corrected chi connectivity index (χ1v) is 9.59. The van der Waals surface area contributed by atoms with Gasteiger partial charge in [-0.3, -0.25) is 0 Å². The molecule has 0 unspecified atom stereocenters. The molecule has 110 valence electrons. The third-order valence-electron chi connectivity index (χ3n) is 3.27. The highest BCUT2D eigenvalue weighted by molar-refractivity contribution is 8.09. The van der Waals surface area contributed by atoms with Gasteiger partial charge in [0.25, 0.3) is 0 Å². The third-order valence-corrected chi connectivity index (χ3v) is 5.14. The zero-order valence-corrected chi connectivity index (χ0v) is 13.6. The summed E-state index contributed by atoms with van der Waals surface area (Å²) in [4.78, 5) is 13.5. The van der Waals surface area contributed by atoms with E-state index in [9.17, 15) is 4.79 Å². The molecule has 2 aliphatic heterocycles. The number of amides is 1. The Morgan fingerprint density at radius 3 is 2.26 bits per heavy atom. The number of hydrogen-bond acceptors (Lipinski definition) is 5. The monoisotopic (exact) mass is 307 g/mol. The normalized spacial score (nSPS) is 32.8. The van der Waals surface area contributed by atoms with Crippen LogP contribution in [0.4, 0.5) is 4.79 Å². The standard InChI is InChI=1S/C12H22NO4PS/c1-12(2,3)17-11(14)13-5-9(6-13)10-7-15-18(4,19)16-8-10/h9-10H,5-8H2,1-4H3. The summed E-state index contributed by atoms with van der Waals surface area (Å²) in [7, 11) is 0. The Balaban J connectivity index is 1.75. The summed E-state index contributed by atoms with van der Waals surface area (Å²) >= 11 is 5.20. The summed E-state index contributed by atoms with van der Waals surface area (Å²) in [5, 5.41) is 0. The van der Waals surface area contributed by atoms with Gasteiger partial charge in [0.15, 0.2) is 6.49 Å². The Morgan fingerprint density at radius 2 is 1.79 bits per heavy atom. The topological polar surface area (TPSA) is 48.0 Å². The summed E-state index contributed by atoms with van der Waals surface area (Å²) in [5.74, 6) is 0.775. The lowest BCUT2D eigenvalue weighted by Gasteiger charge is -2.45. The lowest BCUT2D eigenvalue weighted by molar-refractivity contribution is -0.0284. The van der Waals surface area contributed by atoms with Crippen LogP contribution in [0.2, 0.25) is 0 Å². The average molecular weight is 307 g/mol. The van der Waals surface area contributed by atoms with Crippen LogP contribution in [0.3, 0.4) is 0 Å². The lowest BCUT2D eigenvalue weighted by Crippen LogP contribution is -2.55. The predicted molar refractivity (Wildman–Crippen MR) is 76.9 cm³/mol. The van der Waals surface area contributed by atoms with E-state index in [1.165, 1.54) is 0 Å². The molecule has 2 heterocycles. The van der Waals surface area contributed by atoms with Crippen molar-refractivity contribution < 1.29 is 18.6 Å². The molecule has 0 aliphatic carbocycles. The smallest absolute Gasteiger partial charge is 0.410 e. The SMILES string of the molecule is CC(C)(C)OC(=O)N1CC(C2COP(C)(=S)OC2)C1. The van der Waals surface area contributed by atoms with Crippen molar-refractivity contribution in [1.82, 2.24) is 4.90 Å². The Labute approximate surface area is 119 Å². The average Bonchev–Trinajstić information content (AvgIpc) is 2.15. The fourth-order valence-corrected chi connectivity index (χ4v) is 3.47. The first-order chi connectivity index (χ1) is 8.66. The zero-order chi connectivity index (χ0) is 14.3. The number of rotatable bonds is 1. The van der Waals surface area contributed by atoms with E-state index in [0.717, 1.165) is 13.1 Å². The van der Waals surface area contributed by atoms with Crippen LogP contribution in [0.5, 0.6) is 0 Å². The van der Waals surface area contributed by atoms with Gasteiger partial charge in [-0.05, 0) is 32.6 Å². The lowest BCUT2D eigenvalue weighted by atomic mass is 9.87. The number of nitrogens with zero attached hydrogens (tertiary/aromatic N) is 1. The molecule has 0 radical (unpaired) electrons. The molecule has 0 N–H and O–H groups in total. The first-order valence-electron chi connectivity index (χ1n) is 6.51. The van der Waals surface area contributed by atoms with Crippen LogP contribution in [0, 0.1) is 11.8 Å². The van der Waals surface area contributed by atoms with Gasteiger partial charge in [-0.25, -0.2) is 4.79 Å². The van der Waals surface area contributed by atoms with Gasteiger partial charge in [0.1, 0.15) is 5.60 Å². The fraction of sp³-hybridized carbons (Fsp3) is 0.917. The van der Waals surface area contributed by atoms with Crippen molar-refractivity contribution >= 4 is 24.4 Å². The van der Waals surface area contributed by atoms with Crippen molar-refractivity contribution in [3.05, 3.63) is 0 Å². The van der Waals surface area contributed by atoms with E-state index in [4.69, 9.17) is 25.6 Å². The van der Waals surface area contributed by atoms with Crippen LogP contribution in [0.25, 0.3) is 0 Å². The van der Waals surface area contributed by atoms with Crippen molar-refractivity contribution in [2.24, 2.45) is 11.8 Å². The van der Waals surface area contributed by atoms with E-state index < -0.39 is 12.1 Å². The van der Waals surface area contributed by atoms with Crippen LogP contribution in [0.1, 0.15) is 20.8 Å². The maximum Gasteiger partial charge on any atom is 0.410 e. The molecule has 2 saturated heterocycles. The van der Waals surface area contributed by atoms with Crippen LogP contribution in [-0.2, 0) is 25.6 Å². The molecule has 0 saturated carbocycles. The summed E-state index contributed by atoms with van der Waals surface area (Å²) < 4.78 is 16.5. The Hall–Kier alpha value is -0.160. The Kier molecular flexibility index (Phi) is 4.26. The summed E-state index contributed by atoms with van der Waals surface area (Å²) in [6.45, 7) is 8.24. The van der Waals surface area contributed by atoms with Gasteiger partial charge in [0.05, 0.1) is 13.2 Å². The van der Waals surface area contributed by atoms with Gasteiger partial charge in [-0.15, -0.1) is 0 Å². The van der Waals surface area contributed by atoms with E-state index >= 15 is 0 Å². The summed E-state index contributed by atoms with van der Waals surface area (Å²) in [6, 6.07) is 0. The van der Waals surface area contributed by atoms with Gasteiger partial charge in [-0.1, -0.05) is 0 Å². The molecule has 0 spiro atoms. The maximum absolute atomic E-state index is 11.8. The van der Waals surface area contributed by atoms with Gasteiger partial charge < -0.3 is 18.7 Å². The fourth-order valence-electron chi connectivity index (χ4n) is 2.11. The molecule has 0 bridgehead atoms. The number of ether oxygens (including phenoxy) is 1. The molecule has 2 aliphatic rings. The van der Waals surface area contributed by atoms with Gasteiger partial charge >= 0.3 is 6.09 Å². The molecule has 7 heteroatoms. The highest BCUT2D eigenvalue weighted by Gasteiger charge is 2.40. The van der Waals surface area contributed by atoms with E-state index in [-0.39, 0.29) is 6.09 Å². The maximum atomic E-state index is 11.8. The molecule has 2 rings (SSSR count). The molecule has 0 atom stereocenters. The van der Waals surface area contributed by atoms with Gasteiger partial charge in [0.2, 0.25) is 0 Å². The van der Waals surface area contributed by atoms with Crippen molar-refractivity contribution in [3.8, 4) is 0 Å². The largest absolute Gasteiger partial charge is 0.444 e. The number of likely N-dealkylation sites (tertiary alicyclic amines) is 1. The Morgan fingerprint density at radius 1 is 1.26 bits per heavy atom. The minimum atomic E-state index is -1.98. The van der Waals surface area contributed by atoms with Crippen LogP contribution >= 0.6 is 6.49 Å². The second-order valence-electron chi connectivity index (χ2n) is 6.27. The van der Waals surface area contributed by atoms with Crippen molar-refractivity contribution in [1.29, 1.82) is 0 Å². The molecule has 1 amide bonds. The van der Waals surface area contributed by atoms with Gasteiger partial charge in [-0.2, -0.15) is 0 Å². The van der Waals surface area contributed by atoms with Gasteiger partial charge in [0, 0.05) is 31.6 Å². The minimum absolute atomic E-state index is 0.234. The molecule has 5 nitrogen and oxygen atoms in total. The van der Waals surface area contributed by atoms with E-state index in [2.05, 4.69) is 0 Å². The zero-order valence-electron chi connectivity index (χ0n) is 11.9. The first kappa shape index (κ1) is 15.2. The van der Waals surface area contributed by atoms with E-state index in [1.807, 2.05) is 27.4 Å². The Bertz CT molecular complexity index is 391. The van der Waals surface area contributed by atoms with Crippen LogP contribution in [0.15, 0.2) is 0 Å². The molecule has 0 aromatic rings. The van der Waals surface area contributed by atoms with Crippen molar-refractivity contribution in [2.45, 2.75) is 26.4 Å². The highest BCUT2D eigenvalue weighted by Crippen LogP contribution is 2.49. The van der Waals surface area contributed by atoms with Crippen molar-refractivity contribution in [2.75, 3.05) is 33.0 Å². The molecule has 0 aromatic heterocycles. The molecule has 2 fully saturated rings. The molecule has 19 heavy (non-hydrogen) atoms. The second kappa shape index (κ2) is 5.32. The minimum Gasteiger partial charge on any atom is -0.444 e. The molecule has 0 aromatic carbocycles. The van der Waals surface area contributed by atoms with Crippen LogP contribution < -0.4 is 0 Å². The van der Waals surface area contributed by atoms with E-state index in [0.29, 0.717) is 25.0 Å². The number of hydrogen-bond donors (Lipinski definition) is 0. The summed E-state index contributed by atoms with van der Waals surface area (Å²) in [5.41, 5.74) is -0.437. The number of carbonyl (C=O) groups is 1.